The summed E-state index contributed by atoms with van der Waals surface area (Å²) in [6.45, 7) is 2.37. The molecule has 1 atom stereocenters. The van der Waals surface area contributed by atoms with Gasteiger partial charge in [-0.15, -0.1) is 0 Å². The second-order valence-corrected chi connectivity index (χ2v) is 6.95. The van der Waals surface area contributed by atoms with E-state index in [4.69, 9.17) is 16.3 Å². The van der Waals surface area contributed by atoms with Gasteiger partial charge in [-0.1, -0.05) is 23.7 Å². The molecule has 1 aliphatic heterocycles. The van der Waals surface area contributed by atoms with Crippen LogP contribution < -0.4 is 15.4 Å². The summed E-state index contributed by atoms with van der Waals surface area (Å²) in [6.07, 6.45) is -0.498. The highest BCUT2D eigenvalue weighted by atomic mass is 35.5. The minimum Gasteiger partial charge on any atom is -0.492 e. The molecule has 1 heterocycles. The Labute approximate surface area is 173 Å². The highest BCUT2D eigenvalue weighted by Crippen LogP contribution is 2.38. The number of para-hydroxylation sites is 2. The SMILES string of the molecule is CCOc1ccc(C(=O)Nc2ccc(C3Nc4ccccc4[N+]3=O)cc2)cc1Cl. The molecule has 1 amide bonds. The first-order chi connectivity index (χ1) is 14.1. The number of hydrogen-bond donors (Lipinski definition) is 2. The van der Waals surface area contributed by atoms with Crippen LogP contribution in [0.5, 0.6) is 5.75 Å². The van der Waals surface area contributed by atoms with E-state index >= 15 is 0 Å². The zero-order chi connectivity index (χ0) is 20.4. The summed E-state index contributed by atoms with van der Waals surface area (Å²) >= 11 is 6.15. The van der Waals surface area contributed by atoms with Crippen LogP contribution in [0.1, 0.15) is 29.0 Å². The highest BCUT2D eigenvalue weighted by molar-refractivity contribution is 6.32. The van der Waals surface area contributed by atoms with Crippen molar-refractivity contribution >= 4 is 34.6 Å². The Balaban J connectivity index is 1.46. The lowest BCUT2D eigenvalue weighted by molar-refractivity contribution is -0.495. The normalized spacial score (nSPS) is 14.8. The number of anilines is 2. The number of carbonyl (C=O) groups excluding carboxylic acids is 1. The van der Waals surface area contributed by atoms with E-state index in [2.05, 4.69) is 10.6 Å². The molecule has 4 rings (SSSR count). The summed E-state index contributed by atoms with van der Waals surface area (Å²) in [7, 11) is 0. The smallest absolute Gasteiger partial charge is 0.307 e. The fourth-order valence-electron chi connectivity index (χ4n) is 3.22. The van der Waals surface area contributed by atoms with Crippen molar-refractivity contribution in [2.75, 3.05) is 17.2 Å². The van der Waals surface area contributed by atoms with Crippen LogP contribution in [0.2, 0.25) is 5.02 Å². The maximum absolute atomic E-state index is 12.5. The van der Waals surface area contributed by atoms with E-state index in [0.717, 1.165) is 16.0 Å². The number of hydrogen-bond acceptors (Lipinski definition) is 4. The van der Waals surface area contributed by atoms with Gasteiger partial charge in [0.15, 0.2) is 0 Å². The minimum atomic E-state index is -0.498. The third-order valence-corrected chi connectivity index (χ3v) is 4.94. The Morgan fingerprint density at radius 2 is 1.90 bits per heavy atom. The van der Waals surface area contributed by atoms with Gasteiger partial charge in [-0.05, 0) is 55.5 Å². The second kappa shape index (κ2) is 7.93. The predicted molar refractivity (Wildman–Crippen MR) is 113 cm³/mol. The number of amides is 1. The van der Waals surface area contributed by atoms with Crippen LogP contribution in [0.25, 0.3) is 0 Å². The number of nitrogens with one attached hydrogen (secondary N) is 2. The van der Waals surface area contributed by atoms with Crippen molar-refractivity contribution in [2.24, 2.45) is 0 Å². The Hall–Kier alpha value is -3.38. The molecule has 1 aliphatic rings. The molecule has 29 heavy (non-hydrogen) atoms. The monoisotopic (exact) mass is 408 g/mol. The first kappa shape index (κ1) is 19.0. The van der Waals surface area contributed by atoms with Crippen LogP contribution in [0.15, 0.2) is 66.7 Å². The van der Waals surface area contributed by atoms with Crippen LogP contribution in [0.3, 0.4) is 0 Å². The molecule has 0 fully saturated rings. The fourth-order valence-corrected chi connectivity index (χ4v) is 3.45. The Bertz CT molecular complexity index is 1080. The molecule has 2 N–H and O–H groups in total. The molecule has 0 radical (unpaired) electrons. The van der Waals surface area contributed by atoms with Gasteiger partial charge >= 0.3 is 6.17 Å². The first-order valence-electron chi connectivity index (χ1n) is 9.22. The van der Waals surface area contributed by atoms with E-state index in [1.165, 1.54) is 0 Å². The Morgan fingerprint density at radius 3 is 2.59 bits per heavy atom. The first-order valence-corrected chi connectivity index (χ1v) is 9.60. The van der Waals surface area contributed by atoms with Crippen LogP contribution >= 0.6 is 11.6 Å². The van der Waals surface area contributed by atoms with Crippen LogP contribution in [0.4, 0.5) is 17.1 Å². The lowest BCUT2D eigenvalue weighted by Gasteiger charge is -2.09. The lowest BCUT2D eigenvalue weighted by atomic mass is 10.1. The molecule has 0 spiro atoms. The van der Waals surface area contributed by atoms with Gasteiger partial charge < -0.3 is 15.4 Å². The number of carbonyl (C=O) groups is 1. The van der Waals surface area contributed by atoms with E-state index in [0.29, 0.717) is 34.3 Å². The number of nitroso groups, excluding NO2 is 1. The van der Waals surface area contributed by atoms with Gasteiger partial charge in [0.1, 0.15) is 11.4 Å². The average molecular weight is 409 g/mol. The molecule has 3 aromatic rings. The summed E-state index contributed by atoms with van der Waals surface area (Å²) in [5, 5.41) is 6.43. The topological polar surface area (TPSA) is 70.4 Å². The Kier molecular flexibility index (Phi) is 5.18. The van der Waals surface area contributed by atoms with E-state index in [9.17, 15) is 9.70 Å². The van der Waals surface area contributed by atoms with Gasteiger partial charge in [-0.3, -0.25) is 4.79 Å². The van der Waals surface area contributed by atoms with Gasteiger partial charge in [0.25, 0.3) is 11.6 Å². The van der Waals surface area contributed by atoms with Gasteiger partial charge in [0.05, 0.1) is 16.4 Å². The average Bonchev–Trinajstić information content (AvgIpc) is 3.07. The summed E-state index contributed by atoms with van der Waals surface area (Å²) in [4.78, 5) is 25.0. The number of nitrogens with zero attached hydrogens (tertiary/aromatic N) is 1. The maximum atomic E-state index is 12.5. The molecule has 0 saturated heterocycles. The largest absolute Gasteiger partial charge is 0.492 e. The van der Waals surface area contributed by atoms with Gasteiger partial charge in [0.2, 0.25) is 0 Å². The standard InChI is InChI=1S/C22H18ClN3O3/c1-2-29-20-12-9-15(13-17(20)23)22(27)24-16-10-7-14(8-11-16)21-25-18-5-3-4-6-19(18)26(21)28/h3-13,21H,2H2,1H3,(H-,24,25,27,28)/p+1. The van der Waals surface area contributed by atoms with Crippen molar-refractivity contribution in [1.29, 1.82) is 0 Å². The molecular weight excluding hydrogens is 390 g/mol. The lowest BCUT2D eigenvalue weighted by Crippen LogP contribution is -2.14. The molecule has 6 nitrogen and oxygen atoms in total. The maximum Gasteiger partial charge on any atom is 0.307 e. The second-order valence-electron chi connectivity index (χ2n) is 6.54. The zero-order valence-electron chi connectivity index (χ0n) is 15.7. The van der Waals surface area contributed by atoms with Crippen molar-refractivity contribution in [2.45, 2.75) is 13.1 Å². The molecular formula is C22H19ClN3O3+. The Morgan fingerprint density at radius 1 is 1.14 bits per heavy atom. The van der Waals surface area contributed by atoms with Crippen molar-refractivity contribution in [1.82, 2.24) is 0 Å². The molecule has 0 aliphatic carbocycles. The van der Waals surface area contributed by atoms with Crippen LogP contribution in [-0.2, 0) is 0 Å². The molecule has 146 valence electrons. The summed E-state index contributed by atoms with van der Waals surface area (Å²) in [5.74, 6) is 0.266. The predicted octanol–water partition coefficient (Wildman–Crippen LogP) is 5.53. The van der Waals surface area contributed by atoms with Gasteiger partial charge in [-0.2, -0.15) is 0 Å². The molecule has 7 heteroatoms. The number of ether oxygens (including phenoxy) is 1. The van der Waals surface area contributed by atoms with Crippen molar-refractivity contribution in [3.05, 3.63) is 87.8 Å². The molecule has 0 bridgehead atoms. The third kappa shape index (κ3) is 3.79. The number of rotatable bonds is 5. The minimum absolute atomic E-state index is 0.278. The zero-order valence-corrected chi connectivity index (χ0v) is 16.4. The fraction of sp³-hybridized carbons (Fsp3) is 0.136. The van der Waals surface area contributed by atoms with E-state index in [1.807, 2.05) is 37.3 Å². The number of halogens is 1. The number of benzene rings is 3. The van der Waals surface area contributed by atoms with Crippen molar-refractivity contribution < 1.29 is 14.3 Å². The van der Waals surface area contributed by atoms with Gasteiger partial charge in [0, 0.05) is 27.8 Å². The molecule has 3 aromatic carbocycles. The number of fused-ring (bicyclic) bond motifs is 1. The highest BCUT2D eigenvalue weighted by Gasteiger charge is 2.38. The van der Waals surface area contributed by atoms with Crippen LogP contribution in [0, 0.1) is 4.91 Å². The van der Waals surface area contributed by atoms with Gasteiger partial charge in [-0.25, -0.2) is 0 Å². The summed E-state index contributed by atoms with van der Waals surface area (Å²) in [5.41, 5.74) is 3.27. The third-order valence-electron chi connectivity index (χ3n) is 4.65. The summed E-state index contributed by atoms with van der Waals surface area (Å²) < 4.78 is 6.33. The van der Waals surface area contributed by atoms with E-state index in [-0.39, 0.29) is 5.91 Å². The quantitative estimate of drug-likeness (QED) is 0.545. The van der Waals surface area contributed by atoms with Crippen molar-refractivity contribution in [3.63, 3.8) is 0 Å². The molecule has 1 unspecified atom stereocenters. The van der Waals surface area contributed by atoms with Crippen LogP contribution in [-0.4, -0.2) is 17.3 Å². The van der Waals surface area contributed by atoms with E-state index < -0.39 is 6.17 Å². The molecule has 0 saturated carbocycles. The van der Waals surface area contributed by atoms with Crippen molar-refractivity contribution in [3.8, 4) is 5.75 Å². The summed E-state index contributed by atoms with van der Waals surface area (Å²) in [6, 6.07) is 19.4. The van der Waals surface area contributed by atoms with E-state index in [1.54, 1.807) is 36.4 Å². The molecule has 0 aromatic heterocycles.